The van der Waals surface area contributed by atoms with Crippen molar-refractivity contribution < 1.29 is 4.79 Å². The van der Waals surface area contributed by atoms with Crippen molar-refractivity contribution in [3.63, 3.8) is 0 Å². The van der Waals surface area contributed by atoms with Gasteiger partial charge in [-0.15, -0.1) is 23.1 Å². The van der Waals surface area contributed by atoms with Crippen LogP contribution in [0.2, 0.25) is 0 Å². The van der Waals surface area contributed by atoms with Gasteiger partial charge in [0.25, 0.3) is 5.91 Å². The van der Waals surface area contributed by atoms with Crippen molar-refractivity contribution in [1.82, 2.24) is 4.98 Å². The highest BCUT2D eigenvalue weighted by molar-refractivity contribution is 7.99. The van der Waals surface area contributed by atoms with Crippen molar-refractivity contribution in [1.29, 1.82) is 0 Å². The minimum Gasteiger partial charge on any atom is -0.298 e. The number of thiazole rings is 1. The number of rotatable bonds is 6. The van der Waals surface area contributed by atoms with Crippen molar-refractivity contribution in [3.05, 3.63) is 65.0 Å². The zero-order valence-electron chi connectivity index (χ0n) is 14.3. The van der Waals surface area contributed by atoms with Gasteiger partial charge in [-0.25, -0.2) is 4.98 Å². The number of hydrogen-bond acceptors (Lipinski definition) is 4. The first-order chi connectivity index (χ1) is 12.2. The summed E-state index contributed by atoms with van der Waals surface area (Å²) in [7, 11) is 0. The van der Waals surface area contributed by atoms with E-state index >= 15 is 0 Å². The Bertz CT molecular complexity index is 856. The van der Waals surface area contributed by atoms with E-state index in [1.807, 2.05) is 29.6 Å². The number of carbonyl (C=O) groups excluding carboxylic acids is 1. The molecule has 0 fully saturated rings. The van der Waals surface area contributed by atoms with Crippen molar-refractivity contribution in [2.75, 3.05) is 11.1 Å². The quantitative estimate of drug-likeness (QED) is 0.564. The number of hydrogen-bond donors (Lipinski definition) is 1. The SMILES string of the molecule is CCSc1cccc(C(=O)Nc2nc(-c3ccc(CC)cc3)cs2)c1. The van der Waals surface area contributed by atoms with Gasteiger partial charge in [-0.1, -0.05) is 44.2 Å². The van der Waals surface area contributed by atoms with Gasteiger partial charge in [0.2, 0.25) is 0 Å². The summed E-state index contributed by atoms with van der Waals surface area (Å²) < 4.78 is 0. The van der Waals surface area contributed by atoms with Crippen LogP contribution >= 0.6 is 23.1 Å². The van der Waals surface area contributed by atoms with E-state index in [1.165, 1.54) is 16.9 Å². The first-order valence-corrected chi connectivity index (χ1v) is 10.1. The van der Waals surface area contributed by atoms with E-state index in [1.54, 1.807) is 11.8 Å². The number of aromatic nitrogens is 1. The number of aryl methyl sites for hydroxylation is 1. The zero-order valence-corrected chi connectivity index (χ0v) is 15.9. The second-order valence-electron chi connectivity index (χ2n) is 5.50. The number of thioether (sulfide) groups is 1. The third kappa shape index (κ3) is 4.50. The summed E-state index contributed by atoms with van der Waals surface area (Å²) in [5, 5.41) is 5.49. The number of nitrogens with zero attached hydrogens (tertiary/aromatic N) is 1. The summed E-state index contributed by atoms with van der Waals surface area (Å²) in [4.78, 5) is 18.1. The molecule has 1 aromatic heterocycles. The highest BCUT2D eigenvalue weighted by atomic mass is 32.2. The van der Waals surface area contributed by atoms with Crippen LogP contribution in [0.4, 0.5) is 5.13 Å². The number of amides is 1. The molecule has 0 bridgehead atoms. The Labute approximate surface area is 156 Å². The standard InChI is InChI=1S/C20H20N2OS2/c1-3-14-8-10-15(11-9-14)18-13-25-20(21-18)22-19(23)16-6-5-7-17(12-16)24-4-2/h5-13H,3-4H2,1-2H3,(H,21,22,23). The van der Waals surface area contributed by atoms with Gasteiger partial charge in [-0.2, -0.15) is 0 Å². The fourth-order valence-electron chi connectivity index (χ4n) is 2.44. The van der Waals surface area contributed by atoms with Crippen LogP contribution < -0.4 is 5.32 Å². The molecule has 0 spiro atoms. The monoisotopic (exact) mass is 368 g/mol. The Balaban J connectivity index is 1.72. The molecule has 0 atom stereocenters. The largest absolute Gasteiger partial charge is 0.298 e. The maximum absolute atomic E-state index is 12.4. The van der Waals surface area contributed by atoms with Crippen LogP contribution in [0.1, 0.15) is 29.8 Å². The van der Waals surface area contributed by atoms with E-state index in [2.05, 4.69) is 48.4 Å². The van der Waals surface area contributed by atoms with E-state index in [0.717, 1.165) is 28.3 Å². The lowest BCUT2D eigenvalue weighted by Gasteiger charge is -2.04. The Morgan fingerprint density at radius 2 is 1.96 bits per heavy atom. The molecule has 1 heterocycles. The van der Waals surface area contributed by atoms with Crippen LogP contribution in [-0.4, -0.2) is 16.6 Å². The minimum atomic E-state index is -0.124. The van der Waals surface area contributed by atoms with Gasteiger partial charge >= 0.3 is 0 Å². The van der Waals surface area contributed by atoms with E-state index in [9.17, 15) is 4.79 Å². The normalized spacial score (nSPS) is 10.6. The lowest BCUT2D eigenvalue weighted by Crippen LogP contribution is -2.11. The van der Waals surface area contributed by atoms with Crippen molar-refractivity contribution >= 4 is 34.1 Å². The number of anilines is 1. The van der Waals surface area contributed by atoms with Gasteiger partial charge in [-0.3, -0.25) is 10.1 Å². The zero-order chi connectivity index (χ0) is 17.6. The average molecular weight is 369 g/mol. The summed E-state index contributed by atoms with van der Waals surface area (Å²) in [5.41, 5.74) is 3.91. The number of carbonyl (C=O) groups is 1. The van der Waals surface area contributed by atoms with Crippen LogP contribution in [0.25, 0.3) is 11.3 Å². The fraction of sp³-hybridized carbons (Fsp3) is 0.200. The predicted molar refractivity (Wildman–Crippen MR) is 108 cm³/mol. The highest BCUT2D eigenvalue weighted by Gasteiger charge is 2.10. The number of benzene rings is 2. The van der Waals surface area contributed by atoms with Crippen LogP contribution in [0.15, 0.2) is 58.8 Å². The summed E-state index contributed by atoms with van der Waals surface area (Å²) in [5.74, 6) is 0.860. The molecule has 0 saturated carbocycles. The minimum absolute atomic E-state index is 0.124. The first kappa shape index (κ1) is 17.7. The molecule has 3 aromatic rings. The molecule has 0 radical (unpaired) electrons. The molecule has 3 rings (SSSR count). The summed E-state index contributed by atoms with van der Waals surface area (Å²) in [6.07, 6.45) is 1.02. The van der Waals surface area contributed by atoms with Crippen LogP contribution in [0, 0.1) is 0 Å². The fourth-order valence-corrected chi connectivity index (χ4v) is 3.87. The van der Waals surface area contributed by atoms with Gasteiger partial charge in [0.05, 0.1) is 5.69 Å². The van der Waals surface area contributed by atoms with Crippen LogP contribution in [0.5, 0.6) is 0 Å². The molecular weight excluding hydrogens is 348 g/mol. The number of nitrogens with one attached hydrogen (secondary N) is 1. The van der Waals surface area contributed by atoms with E-state index in [-0.39, 0.29) is 5.91 Å². The van der Waals surface area contributed by atoms with Crippen molar-refractivity contribution in [2.24, 2.45) is 0 Å². The van der Waals surface area contributed by atoms with Crippen LogP contribution in [-0.2, 0) is 6.42 Å². The van der Waals surface area contributed by atoms with Gasteiger partial charge in [0.15, 0.2) is 5.13 Å². The molecule has 0 aliphatic rings. The smallest absolute Gasteiger partial charge is 0.257 e. The molecule has 0 aliphatic heterocycles. The third-order valence-electron chi connectivity index (χ3n) is 3.79. The molecule has 1 N–H and O–H groups in total. The Kier molecular flexibility index (Phi) is 5.89. The Morgan fingerprint density at radius 3 is 2.68 bits per heavy atom. The topological polar surface area (TPSA) is 42.0 Å². The van der Waals surface area contributed by atoms with Crippen LogP contribution in [0.3, 0.4) is 0 Å². The second-order valence-corrected chi connectivity index (χ2v) is 7.70. The van der Waals surface area contributed by atoms with Gasteiger partial charge in [-0.05, 0) is 35.9 Å². The van der Waals surface area contributed by atoms with E-state index < -0.39 is 0 Å². The Morgan fingerprint density at radius 1 is 1.16 bits per heavy atom. The predicted octanol–water partition coefficient (Wildman–Crippen LogP) is 5.74. The lowest BCUT2D eigenvalue weighted by molar-refractivity contribution is 0.102. The van der Waals surface area contributed by atoms with Crippen molar-refractivity contribution in [3.8, 4) is 11.3 Å². The Hall–Kier alpha value is -2.11. The van der Waals surface area contributed by atoms with Gasteiger partial charge < -0.3 is 0 Å². The van der Waals surface area contributed by atoms with Gasteiger partial charge in [0.1, 0.15) is 0 Å². The van der Waals surface area contributed by atoms with Crippen molar-refractivity contribution in [2.45, 2.75) is 25.2 Å². The van der Waals surface area contributed by atoms with Gasteiger partial charge in [0, 0.05) is 21.4 Å². The molecule has 1 amide bonds. The summed E-state index contributed by atoms with van der Waals surface area (Å²) in [6, 6.07) is 16.1. The lowest BCUT2D eigenvalue weighted by atomic mass is 10.1. The summed E-state index contributed by atoms with van der Waals surface area (Å²) in [6.45, 7) is 4.24. The second kappa shape index (κ2) is 8.32. The molecule has 25 heavy (non-hydrogen) atoms. The maximum atomic E-state index is 12.4. The molecule has 3 nitrogen and oxygen atoms in total. The summed E-state index contributed by atoms with van der Waals surface area (Å²) >= 11 is 3.17. The molecule has 0 saturated heterocycles. The van der Waals surface area contributed by atoms with E-state index in [4.69, 9.17) is 0 Å². The molecule has 5 heteroatoms. The van der Waals surface area contributed by atoms with E-state index in [0.29, 0.717) is 10.7 Å². The molecule has 0 unspecified atom stereocenters. The highest BCUT2D eigenvalue weighted by Crippen LogP contribution is 2.26. The maximum Gasteiger partial charge on any atom is 0.257 e. The first-order valence-electron chi connectivity index (χ1n) is 8.28. The molecule has 2 aromatic carbocycles. The third-order valence-corrected chi connectivity index (χ3v) is 5.42. The molecule has 0 aliphatic carbocycles. The molecule has 128 valence electrons. The average Bonchev–Trinajstić information content (AvgIpc) is 3.11. The molecular formula is C20H20N2OS2.